The molecular formula is C15H18O5. The highest BCUT2D eigenvalue weighted by Crippen LogP contribution is 2.12. The second-order valence-corrected chi connectivity index (χ2v) is 3.99. The number of esters is 1. The Bertz CT molecular complexity index is 450. The Balaban J connectivity index is 2.42. The first kappa shape index (κ1) is 15.9. The first-order chi connectivity index (χ1) is 9.69. The number of benzene rings is 1. The van der Waals surface area contributed by atoms with Gasteiger partial charge >= 0.3 is 5.97 Å². The lowest BCUT2D eigenvalue weighted by atomic mass is 10.2. The molecule has 0 bridgehead atoms. The topological polar surface area (TPSA) is 61.8 Å². The lowest BCUT2D eigenvalue weighted by Gasteiger charge is -2.10. The van der Waals surface area contributed by atoms with Crippen molar-refractivity contribution in [3.63, 3.8) is 0 Å². The van der Waals surface area contributed by atoms with Crippen LogP contribution in [0.15, 0.2) is 36.4 Å². The van der Waals surface area contributed by atoms with E-state index in [9.17, 15) is 9.59 Å². The normalized spacial score (nSPS) is 12.1. The number of rotatable bonds is 8. The molecule has 20 heavy (non-hydrogen) atoms. The summed E-state index contributed by atoms with van der Waals surface area (Å²) in [6.45, 7) is 0.319. The third-order valence-electron chi connectivity index (χ3n) is 2.60. The van der Waals surface area contributed by atoms with Crippen molar-refractivity contribution in [2.75, 3.05) is 14.2 Å². The molecule has 0 aliphatic carbocycles. The molecule has 0 saturated heterocycles. The van der Waals surface area contributed by atoms with Crippen LogP contribution in [-0.4, -0.2) is 32.6 Å². The van der Waals surface area contributed by atoms with Gasteiger partial charge in [-0.2, -0.15) is 0 Å². The molecule has 0 aliphatic rings. The van der Waals surface area contributed by atoms with Crippen LogP contribution in [0, 0.1) is 0 Å². The summed E-state index contributed by atoms with van der Waals surface area (Å²) in [7, 11) is 2.89. The molecule has 0 spiro atoms. The predicted octanol–water partition coefficient (Wildman–Crippen LogP) is 1.90. The minimum absolute atomic E-state index is 0.319. The zero-order valence-corrected chi connectivity index (χ0v) is 11.6. The Morgan fingerprint density at radius 3 is 2.50 bits per heavy atom. The monoisotopic (exact) mass is 278 g/mol. The molecule has 1 atom stereocenters. The van der Waals surface area contributed by atoms with Gasteiger partial charge in [0.2, 0.25) is 0 Å². The maximum absolute atomic E-state index is 10.9. The Hall–Kier alpha value is -2.14. The van der Waals surface area contributed by atoms with Crippen LogP contribution in [0.2, 0.25) is 0 Å². The van der Waals surface area contributed by atoms with E-state index < -0.39 is 12.1 Å². The van der Waals surface area contributed by atoms with Crippen LogP contribution >= 0.6 is 0 Å². The van der Waals surface area contributed by atoms with Gasteiger partial charge in [0.1, 0.15) is 18.1 Å². The fourth-order valence-corrected chi connectivity index (χ4v) is 1.45. The highest BCUT2D eigenvalue weighted by molar-refractivity contribution is 5.81. The summed E-state index contributed by atoms with van der Waals surface area (Å²) < 4.78 is 15.0. The summed E-state index contributed by atoms with van der Waals surface area (Å²) >= 11 is 0. The second kappa shape index (κ2) is 8.87. The third kappa shape index (κ3) is 5.67. The Labute approximate surface area is 118 Å². The van der Waals surface area contributed by atoms with E-state index in [4.69, 9.17) is 9.47 Å². The molecule has 1 rings (SSSR count). The van der Waals surface area contributed by atoms with E-state index in [-0.39, 0.29) is 0 Å². The molecule has 0 saturated carbocycles. The number of ether oxygens (including phenoxy) is 3. The molecule has 0 aromatic heterocycles. The van der Waals surface area contributed by atoms with E-state index in [0.29, 0.717) is 19.3 Å². The standard InChI is InChI=1S/C15H18O5/c1-18-13-8-6-12(7-9-13)11-20-14(10-16)4-3-5-15(17)19-2/h3,5-10,14H,4,11H2,1-2H3/b5-3+/t14-/m0/s1. The van der Waals surface area contributed by atoms with E-state index in [1.807, 2.05) is 24.3 Å². The fraction of sp³-hybridized carbons (Fsp3) is 0.333. The van der Waals surface area contributed by atoms with Crippen LogP contribution in [0.3, 0.4) is 0 Å². The molecule has 108 valence electrons. The molecule has 5 nitrogen and oxygen atoms in total. The Morgan fingerprint density at radius 1 is 1.25 bits per heavy atom. The number of aldehydes is 1. The number of carbonyl (C=O) groups excluding carboxylic acids is 2. The summed E-state index contributed by atoms with van der Waals surface area (Å²) in [5, 5.41) is 0. The molecule has 0 heterocycles. The highest BCUT2D eigenvalue weighted by atomic mass is 16.5. The summed E-state index contributed by atoms with van der Waals surface area (Å²) in [6.07, 6.45) is 3.28. The van der Waals surface area contributed by atoms with Gasteiger partial charge in [0, 0.05) is 6.08 Å². The zero-order valence-electron chi connectivity index (χ0n) is 11.6. The quantitative estimate of drug-likeness (QED) is 0.413. The lowest BCUT2D eigenvalue weighted by Crippen LogP contribution is -2.13. The fourth-order valence-electron chi connectivity index (χ4n) is 1.45. The van der Waals surface area contributed by atoms with Crippen molar-refractivity contribution in [2.45, 2.75) is 19.1 Å². The van der Waals surface area contributed by atoms with Gasteiger partial charge < -0.3 is 19.0 Å². The maximum Gasteiger partial charge on any atom is 0.330 e. The van der Waals surface area contributed by atoms with E-state index in [1.54, 1.807) is 13.2 Å². The Morgan fingerprint density at radius 2 is 1.95 bits per heavy atom. The molecule has 0 aliphatic heterocycles. The molecule has 0 radical (unpaired) electrons. The van der Waals surface area contributed by atoms with Gasteiger partial charge in [-0.25, -0.2) is 4.79 Å². The third-order valence-corrected chi connectivity index (χ3v) is 2.60. The van der Waals surface area contributed by atoms with Gasteiger partial charge in [0.05, 0.1) is 20.8 Å². The highest BCUT2D eigenvalue weighted by Gasteiger charge is 2.06. The summed E-state index contributed by atoms with van der Waals surface area (Å²) in [5.41, 5.74) is 0.939. The molecule has 0 fully saturated rings. The van der Waals surface area contributed by atoms with Crippen molar-refractivity contribution in [2.24, 2.45) is 0 Å². The van der Waals surface area contributed by atoms with E-state index in [2.05, 4.69) is 4.74 Å². The van der Waals surface area contributed by atoms with Gasteiger partial charge in [-0.15, -0.1) is 0 Å². The van der Waals surface area contributed by atoms with Crippen molar-refractivity contribution in [1.82, 2.24) is 0 Å². The minimum Gasteiger partial charge on any atom is -0.497 e. The van der Waals surface area contributed by atoms with Crippen LogP contribution in [0.25, 0.3) is 0 Å². The molecule has 0 N–H and O–H groups in total. The molecule has 0 amide bonds. The van der Waals surface area contributed by atoms with Gasteiger partial charge in [-0.1, -0.05) is 18.2 Å². The van der Waals surface area contributed by atoms with E-state index in [1.165, 1.54) is 13.2 Å². The predicted molar refractivity (Wildman–Crippen MR) is 73.4 cm³/mol. The number of methoxy groups -OCH3 is 2. The summed E-state index contributed by atoms with van der Waals surface area (Å²) in [4.78, 5) is 21.7. The van der Waals surface area contributed by atoms with Crippen LogP contribution in [0.1, 0.15) is 12.0 Å². The van der Waals surface area contributed by atoms with Crippen molar-refractivity contribution in [3.8, 4) is 5.75 Å². The van der Waals surface area contributed by atoms with Crippen LogP contribution in [0.5, 0.6) is 5.75 Å². The first-order valence-electron chi connectivity index (χ1n) is 6.14. The van der Waals surface area contributed by atoms with Crippen molar-refractivity contribution < 1.29 is 23.8 Å². The van der Waals surface area contributed by atoms with Crippen molar-refractivity contribution >= 4 is 12.3 Å². The maximum atomic E-state index is 10.9. The number of carbonyl (C=O) groups is 2. The van der Waals surface area contributed by atoms with Gasteiger partial charge in [0.25, 0.3) is 0 Å². The average Bonchev–Trinajstić information content (AvgIpc) is 2.50. The molecule has 1 aromatic rings. The van der Waals surface area contributed by atoms with E-state index in [0.717, 1.165) is 11.3 Å². The molecule has 1 aromatic carbocycles. The zero-order chi connectivity index (χ0) is 14.8. The smallest absolute Gasteiger partial charge is 0.330 e. The van der Waals surface area contributed by atoms with Crippen LogP contribution in [-0.2, 0) is 25.7 Å². The number of hydrogen-bond acceptors (Lipinski definition) is 5. The lowest BCUT2D eigenvalue weighted by molar-refractivity contribution is -0.134. The number of hydrogen-bond donors (Lipinski definition) is 0. The van der Waals surface area contributed by atoms with Crippen molar-refractivity contribution in [3.05, 3.63) is 42.0 Å². The van der Waals surface area contributed by atoms with Crippen LogP contribution in [0.4, 0.5) is 0 Å². The summed E-state index contributed by atoms with van der Waals surface area (Å²) in [5.74, 6) is 0.312. The molecule has 5 heteroatoms. The second-order valence-electron chi connectivity index (χ2n) is 3.99. The average molecular weight is 278 g/mol. The first-order valence-corrected chi connectivity index (χ1v) is 6.14. The summed E-state index contributed by atoms with van der Waals surface area (Å²) in [6, 6.07) is 7.38. The SMILES string of the molecule is COC(=O)/C=C/C[C@@H](C=O)OCc1ccc(OC)cc1. The minimum atomic E-state index is -0.585. The van der Waals surface area contributed by atoms with Crippen LogP contribution < -0.4 is 4.74 Å². The van der Waals surface area contributed by atoms with E-state index >= 15 is 0 Å². The van der Waals surface area contributed by atoms with Gasteiger partial charge in [-0.3, -0.25) is 0 Å². The molecule has 0 unspecified atom stereocenters. The Kier molecular flexibility index (Phi) is 7.06. The molecular weight excluding hydrogens is 260 g/mol. The van der Waals surface area contributed by atoms with Crippen molar-refractivity contribution in [1.29, 1.82) is 0 Å². The van der Waals surface area contributed by atoms with Gasteiger partial charge in [0.15, 0.2) is 0 Å². The van der Waals surface area contributed by atoms with Gasteiger partial charge in [-0.05, 0) is 24.1 Å². The largest absolute Gasteiger partial charge is 0.497 e.